The van der Waals surface area contributed by atoms with E-state index in [4.69, 9.17) is 0 Å². The topological polar surface area (TPSA) is 187 Å². The average molecular weight is 721 g/mol. The number of rotatable bonds is 13. The Morgan fingerprint density at radius 2 is 1.65 bits per heavy atom. The fraction of sp³-hybridized carbons (Fsp3) is 0.718. The minimum absolute atomic E-state index is 0.00840. The van der Waals surface area contributed by atoms with Crippen LogP contribution in [0.1, 0.15) is 138 Å². The summed E-state index contributed by atoms with van der Waals surface area (Å²) in [7, 11) is 0. The van der Waals surface area contributed by atoms with Crippen molar-refractivity contribution in [1.29, 1.82) is 0 Å². The van der Waals surface area contributed by atoms with E-state index in [1.165, 1.54) is 6.92 Å². The fourth-order valence-corrected chi connectivity index (χ4v) is 9.66. The minimum atomic E-state index is -0.989. The largest absolute Gasteiger partial charge is 0.348 e. The highest BCUT2D eigenvalue weighted by Gasteiger charge is 2.62. The molecule has 2 saturated heterocycles. The van der Waals surface area contributed by atoms with Crippen LogP contribution in [0, 0.1) is 30.1 Å². The number of piperidine rings is 1. The highest BCUT2D eigenvalue weighted by molar-refractivity contribution is 6.38. The van der Waals surface area contributed by atoms with Gasteiger partial charge in [-0.1, -0.05) is 52.9 Å². The quantitative estimate of drug-likeness (QED) is 0.153. The Morgan fingerprint density at radius 3 is 2.29 bits per heavy atom. The zero-order chi connectivity index (χ0) is 37.5. The number of H-pyrrole nitrogens is 1. The number of carbonyl (C=O) groups is 7. The van der Waals surface area contributed by atoms with Crippen molar-refractivity contribution >= 4 is 41.1 Å². The van der Waals surface area contributed by atoms with Gasteiger partial charge in [0.2, 0.25) is 23.5 Å². The molecule has 5 aliphatic rings. The Balaban J connectivity index is 1.23. The van der Waals surface area contributed by atoms with E-state index in [9.17, 15) is 33.6 Å². The maximum atomic E-state index is 14.7. The molecule has 5 N–H and O–H groups in total. The number of hydrogen-bond acceptors (Lipinski definition) is 7. The van der Waals surface area contributed by atoms with Crippen molar-refractivity contribution in [1.82, 2.24) is 31.2 Å². The summed E-state index contributed by atoms with van der Waals surface area (Å²) in [5.74, 6) is -3.30. The molecule has 7 atom stereocenters. The lowest BCUT2D eigenvalue weighted by Gasteiger charge is -2.55. The van der Waals surface area contributed by atoms with E-state index in [-0.39, 0.29) is 47.2 Å². The number of nitrogens with zero attached hydrogens (tertiary/aromatic N) is 1. The van der Waals surface area contributed by atoms with Gasteiger partial charge in [0.1, 0.15) is 23.8 Å². The molecule has 2 aliphatic heterocycles. The predicted octanol–water partition coefficient (Wildman–Crippen LogP) is 3.25. The Kier molecular flexibility index (Phi) is 11.0. The van der Waals surface area contributed by atoms with Gasteiger partial charge in [0.15, 0.2) is 5.78 Å². The number of aryl methyl sites for hydroxylation is 1. The first-order valence-electron chi connectivity index (χ1n) is 19.5. The highest BCUT2D eigenvalue weighted by Crippen LogP contribution is 2.54. The third kappa shape index (κ3) is 7.42. The number of hydrogen-bond donors (Lipinski definition) is 5. The van der Waals surface area contributed by atoms with Crippen LogP contribution in [0.15, 0.2) is 6.07 Å². The van der Waals surface area contributed by atoms with Gasteiger partial charge in [0, 0.05) is 19.0 Å². The molecule has 6 rings (SSSR count). The maximum Gasteiger partial charge on any atom is 0.289 e. The normalized spacial score (nSPS) is 27.9. The lowest BCUT2D eigenvalue weighted by Crippen LogP contribution is -2.70. The maximum absolute atomic E-state index is 14.7. The van der Waals surface area contributed by atoms with Crippen LogP contribution in [0.25, 0.3) is 0 Å². The van der Waals surface area contributed by atoms with Crippen molar-refractivity contribution in [2.75, 3.05) is 0 Å². The molecule has 0 bridgehead atoms. The molecule has 13 nitrogen and oxygen atoms in total. The zero-order valence-corrected chi connectivity index (χ0v) is 31.3. The van der Waals surface area contributed by atoms with Crippen LogP contribution in [0.2, 0.25) is 0 Å². The molecule has 284 valence electrons. The first-order valence-corrected chi connectivity index (χ1v) is 19.5. The van der Waals surface area contributed by atoms with E-state index in [1.807, 2.05) is 20.8 Å². The van der Waals surface area contributed by atoms with E-state index in [0.29, 0.717) is 30.5 Å². The van der Waals surface area contributed by atoms with Crippen LogP contribution in [0.4, 0.5) is 0 Å². The van der Waals surface area contributed by atoms with Gasteiger partial charge in [0.05, 0.1) is 11.7 Å². The summed E-state index contributed by atoms with van der Waals surface area (Å²) < 4.78 is 0. The SMILES string of the molecule is CCC[C@H](NC(=O)[C@@H]1C[C@@H]2CCCC3[C@@H]2N1C(=O)[C@@H](NC(=O)[C@@H](NC(=O)c1cc(C)c(C(C)=O)[nH]1)C1CCCCC1)C3(C)C)C(=O)C(=O)NC1CC1. The third-order valence-electron chi connectivity index (χ3n) is 12.6. The summed E-state index contributed by atoms with van der Waals surface area (Å²) >= 11 is 0. The van der Waals surface area contributed by atoms with Crippen molar-refractivity contribution in [3.8, 4) is 0 Å². The molecule has 3 aliphatic carbocycles. The van der Waals surface area contributed by atoms with Crippen molar-refractivity contribution < 1.29 is 33.6 Å². The van der Waals surface area contributed by atoms with Crippen molar-refractivity contribution in [3.63, 3.8) is 0 Å². The summed E-state index contributed by atoms with van der Waals surface area (Å²) in [5, 5.41) is 11.6. The Labute approximate surface area is 305 Å². The minimum Gasteiger partial charge on any atom is -0.348 e. The van der Waals surface area contributed by atoms with Crippen molar-refractivity contribution in [2.45, 2.75) is 154 Å². The number of nitrogens with one attached hydrogen (secondary N) is 5. The Hall–Kier alpha value is -4.03. The number of carbonyl (C=O) groups excluding carboxylic acids is 7. The van der Waals surface area contributed by atoms with Crippen molar-refractivity contribution in [3.05, 3.63) is 23.0 Å². The second-order valence-electron chi connectivity index (χ2n) is 16.7. The van der Waals surface area contributed by atoms with E-state index >= 15 is 0 Å². The van der Waals surface area contributed by atoms with Gasteiger partial charge in [-0.2, -0.15) is 0 Å². The second-order valence-corrected chi connectivity index (χ2v) is 16.7. The Morgan fingerprint density at radius 1 is 0.942 bits per heavy atom. The molecule has 3 saturated carbocycles. The molecule has 1 aromatic heterocycles. The fourth-order valence-electron chi connectivity index (χ4n) is 9.66. The summed E-state index contributed by atoms with van der Waals surface area (Å²) in [5.41, 5.74) is 0.530. The molecule has 0 spiro atoms. The molecule has 1 aromatic rings. The van der Waals surface area contributed by atoms with Crippen molar-refractivity contribution in [2.24, 2.45) is 23.2 Å². The molecule has 0 radical (unpaired) electrons. The van der Waals surface area contributed by atoms with Crippen LogP contribution in [0.5, 0.6) is 0 Å². The molecule has 1 unspecified atom stereocenters. The number of aromatic nitrogens is 1. The monoisotopic (exact) mass is 720 g/mol. The van der Waals surface area contributed by atoms with Crippen LogP contribution in [-0.4, -0.2) is 87.2 Å². The van der Waals surface area contributed by atoms with Gasteiger partial charge in [-0.3, -0.25) is 33.6 Å². The number of aromatic amines is 1. The summed E-state index contributed by atoms with van der Waals surface area (Å²) in [6.07, 6.45) is 10.1. The van der Waals surface area contributed by atoms with Gasteiger partial charge >= 0.3 is 0 Å². The standard InChI is InChI=1S/C39H56N6O7/c1-6-11-26(32(47)37(51)40-24-16-17-24)42-35(49)28-19-23-14-10-15-25-31(23)45(28)38(52)33(39(25,4)5)44-36(50)30(22-12-8-7-9-13-22)43-34(48)27-18-20(2)29(41-27)21(3)46/h18,22-26,28,30-31,33,41H,6-17,19H2,1-5H3,(H,40,51)(H,42,49)(H,43,48)(H,44,50)/t23-,25?,26-,28-,30-,31+,33+/m0/s1. The van der Waals surface area contributed by atoms with Gasteiger partial charge in [-0.15, -0.1) is 0 Å². The molecule has 5 amide bonds. The lowest BCUT2D eigenvalue weighted by atomic mass is 9.60. The van der Waals surface area contributed by atoms with Crippen LogP contribution in [0.3, 0.4) is 0 Å². The molecule has 5 fully saturated rings. The molecular formula is C39H56N6O7. The first kappa shape index (κ1) is 37.7. The van der Waals surface area contributed by atoms with Gasteiger partial charge in [-0.05, 0) is 93.1 Å². The van der Waals surface area contributed by atoms with E-state index in [2.05, 4.69) is 26.3 Å². The van der Waals surface area contributed by atoms with Crippen LogP contribution in [-0.2, 0) is 24.0 Å². The van der Waals surface area contributed by atoms with E-state index < -0.39 is 59.0 Å². The second kappa shape index (κ2) is 15.1. The highest BCUT2D eigenvalue weighted by atomic mass is 16.2. The predicted molar refractivity (Wildman–Crippen MR) is 192 cm³/mol. The zero-order valence-electron chi connectivity index (χ0n) is 31.3. The number of amides is 5. The van der Waals surface area contributed by atoms with E-state index in [1.54, 1.807) is 17.9 Å². The molecule has 52 heavy (non-hydrogen) atoms. The van der Waals surface area contributed by atoms with Gasteiger partial charge in [-0.25, -0.2) is 0 Å². The third-order valence-corrected chi connectivity index (χ3v) is 12.6. The summed E-state index contributed by atoms with van der Waals surface area (Å²) in [4.78, 5) is 99.2. The molecular weight excluding hydrogens is 664 g/mol. The first-order chi connectivity index (χ1) is 24.7. The van der Waals surface area contributed by atoms with Gasteiger partial charge in [0.25, 0.3) is 11.8 Å². The number of ketones is 2. The molecule has 3 heterocycles. The summed E-state index contributed by atoms with van der Waals surface area (Å²) in [6.45, 7) is 9.08. The Bertz CT molecular complexity index is 1610. The molecule has 13 heteroatoms. The average Bonchev–Trinajstić information content (AvgIpc) is 3.70. The number of Topliss-reactive ketones (excluding diaryl/α,β-unsaturated/α-hetero) is 2. The van der Waals surface area contributed by atoms with E-state index in [0.717, 1.165) is 64.2 Å². The van der Waals surface area contributed by atoms with Gasteiger partial charge < -0.3 is 31.2 Å². The smallest absolute Gasteiger partial charge is 0.289 e. The van der Waals surface area contributed by atoms with Crippen LogP contribution < -0.4 is 21.3 Å². The lowest BCUT2D eigenvalue weighted by molar-refractivity contribution is -0.160. The summed E-state index contributed by atoms with van der Waals surface area (Å²) in [6, 6.07) is -2.25. The van der Waals surface area contributed by atoms with Crippen LogP contribution >= 0.6 is 0 Å². The molecule has 0 aromatic carbocycles.